The van der Waals surface area contributed by atoms with Gasteiger partial charge >= 0.3 is 0 Å². The first-order valence-corrected chi connectivity index (χ1v) is 10.6. The number of amides is 2. The van der Waals surface area contributed by atoms with E-state index in [4.69, 9.17) is 0 Å². The molecule has 0 saturated heterocycles. The fourth-order valence-corrected chi connectivity index (χ4v) is 4.08. The first-order chi connectivity index (χ1) is 13.7. The van der Waals surface area contributed by atoms with E-state index < -0.39 is 0 Å². The first-order valence-electron chi connectivity index (χ1n) is 9.71. The van der Waals surface area contributed by atoms with E-state index in [1.165, 1.54) is 0 Å². The summed E-state index contributed by atoms with van der Waals surface area (Å²) in [6.45, 7) is 0.564. The van der Waals surface area contributed by atoms with Gasteiger partial charge in [0.1, 0.15) is 0 Å². The summed E-state index contributed by atoms with van der Waals surface area (Å²) in [4.78, 5) is 31.5. The van der Waals surface area contributed by atoms with Crippen molar-refractivity contribution in [3.05, 3.63) is 64.7 Å². The molecule has 28 heavy (non-hydrogen) atoms. The highest BCUT2D eigenvalue weighted by Gasteiger charge is 2.33. The number of benzene rings is 2. The minimum absolute atomic E-state index is 0.0120. The lowest BCUT2D eigenvalue weighted by Gasteiger charge is -2.23. The molecule has 5 rings (SSSR count). The fraction of sp³-hybridized carbons (Fsp3) is 0.318. The van der Waals surface area contributed by atoms with Crippen LogP contribution in [0.15, 0.2) is 48.0 Å². The Balaban J connectivity index is 1.32. The Morgan fingerprint density at radius 3 is 2.50 bits per heavy atom. The standard InChI is InChI=1S/C22H21N3O2S/c26-21(24-17-6-7-17)15-3-1-14(2-4-15)12-25(18-8-9-18)22(27)16-5-10-19-20(11-16)28-13-23-19/h1-5,10-11,13,17-18H,6-9,12H2,(H,24,26). The number of nitrogens with zero attached hydrogens (tertiary/aromatic N) is 2. The van der Waals surface area contributed by atoms with E-state index in [1.807, 2.05) is 47.4 Å². The van der Waals surface area contributed by atoms with Crippen LogP contribution in [-0.4, -0.2) is 33.8 Å². The van der Waals surface area contributed by atoms with Crippen molar-refractivity contribution < 1.29 is 9.59 Å². The molecule has 2 amide bonds. The average molecular weight is 391 g/mol. The summed E-state index contributed by atoms with van der Waals surface area (Å²) in [6, 6.07) is 14.0. The van der Waals surface area contributed by atoms with Crippen LogP contribution in [0.2, 0.25) is 0 Å². The zero-order valence-corrected chi connectivity index (χ0v) is 16.2. The molecule has 2 aliphatic rings. The van der Waals surface area contributed by atoms with E-state index >= 15 is 0 Å². The zero-order valence-electron chi connectivity index (χ0n) is 15.4. The highest BCUT2D eigenvalue weighted by molar-refractivity contribution is 7.16. The lowest BCUT2D eigenvalue weighted by Crippen LogP contribution is -2.32. The normalized spacial score (nSPS) is 16.1. The van der Waals surface area contributed by atoms with E-state index in [0.717, 1.165) is 41.5 Å². The van der Waals surface area contributed by atoms with E-state index in [2.05, 4.69) is 10.3 Å². The second kappa shape index (κ2) is 7.02. The highest BCUT2D eigenvalue weighted by atomic mass is 32.1. The van der Waals surface area contributed by atoms with Gasteiger partial charge in [0.15, 0.2) is 0 Å². The van der Waals surface area contributed by atoms with Gasteiger partial charge in [0, 0.05) is 29.8 Å². The molecule has 6 heteroatoms. The Hall–Kier alpha value is -2.73. The number of thiazole rings is 1. The fourth-order valence-electron chi connectivity index (χ4n) is 3.36. The Kier molecular flexibility index (Phi) is 4.36. The summed E-state index contributed by atoms with van der Waals surface area (Å²) in [5, 5.41) is 3.00. The largest absolute Gasteiger partial charge is 0.349 e. The Morgan fingerprint density at radius 2 is 1.79 bits per heavy atom. The van der Waals surface area contributed by atoms with Crippen molar-refractivity contribution in [1.29, 1.82) is 0 Å². The van der Waals surface area contributed by atoms with Gasteiger partial charge in [-0.2, -0.15) is 0 Å². The molecule has 0 radical (unpaired) electrons. The van der Waals surface area contributed by atoms with E-state index in [9.17, 15) is 9.59 Å². The van der Waals surface area contributed by atoms with Crippen LogP contribution >= 0.6 is 11.3 Å². The van der Waals surface area contributed by atoms with Crippen molar-refractivity contribution in [2.45, 2.75) is 44.3 Å². The lowest BCUT2D eigenvalue weighted by atomic mass is 10.1. The zero-order chi connectivity index (χ0) is 19.1. The minimum atomic E-state index is -0.0120. The molecular formula is C22H21N3O2S. The summed E-state index contributed by atoms with van der Waals surface area (Å²) >= 11 is 1.55. The van der Waals surface area contributed by atoms with Crippen molar-refractivity contribution in [3.63, 3.8) is 0 Å². The molecule has 2 aromatic carbocycles. The number of aromatic nitrogens is 1. The quantitative estimate of drug-likeness (QED) is 0.691. The van der Waals surface area contributed by atoms with Crippen molar-refractivity contribution in [2.24, 2.45) is 0 Å². The van der Waals surface area contributed by atoms with Crippen LogP contribution in [0.25, 0.3) is 10.2 Å². The van der Waals surface area contributed by atoms with Crippen molar-refractivity contribution in [3.8, 4) is 0 Å². The number of hydrogen-bond donors (Lipinski definition) is 1. The van der Waals surface area contributed by atoms with Crippen molar-refractivity contribution in [1.82, 2.24) is 15.2 Å². The summed E-state index contributed by atoms with van der Waals surface area (Å²) < 4.78 is 1.03. The van der Waals surface area contributed by atoms with Gasteiger partial charge in [-0.15, -0.1) is 11.3 Å². The Morgan fingerprint density at radius 1 is 1.04 bits per heavy atom. The second-order valence-corrected chi connectivity index (χ2v) is 8.53. The van der Waals surface area contributed by atoms with Crippen LogP contribution in [0.3, 0.4) is 0 Å². The first kappa shape index (κ1) is 17.4. The molecule has 0 atom stereocenters. The van der Waals surface area contributed by atoms with Crippen LogP contribution < -0.4 is 5.32 Å². The van der Waals surface area contributed by atoms with E-state index in [1.54, 1.807) is 16.8 Å². The monoisotopic (exact) mass is 391 g/mol. The minimum Gasteiger partial charge on any atom is -0.349 e. The second-order valence-electron chi connectivity index (χ2n) is 7.64. The Bertz CT molecular complexity index is 1040. The SMILES string of the molecule is O=C(NC1CC1)c1ccc(CN(C(=O)c2ccc3ncsc3c2)C2CC2)cc1. The van der Waals surface area contributed by atoms with Gasteiger partial charge in [-0.3, -0.25) is 9.59 Å². The van der Waals surface area contributed by atoms with Gasteiger partial charge in [0.25, 0.3) is 11.8 Å². The predicted molar refractivity (Wildman–Crippen MR) is 109 cm³/mol. The molecule has 142 valence electrons. The van der Waals surface area contributed by atoms with Crippen LogP contribution in [0.1, 0.15) is 52.0 Å². The number of fused-ring (bicyclic) bond motifs is 1. The van der Waals surface area contributed by atoms with Gasteiger partial charge in [0.2, 0.25) is 0 Å². The van der Waals surface area contributed by atoms with Crippen LogP contribution in [-0.2, 0) is 6.54 Å². The predicted octanol–water partition coefficient (Wildman–Crippen LogP) is 3.99. The molecule has 2 saturated carbocycles. The number of nitrogens with one attached hydrogen (secondary N) is 1. The number of rotatable bonds is 6. The van der Waals surface area contributed by atoms with E-state index in [0.29, 0.717) is 29.8 Å². The molecule has 0 unspecified atom stereocenters. The molecule has 0 aliphatic heterocycles. The Labute approximate surface area is 167 Å². The van der Waals surface area contributed by atoms with Gasteiger partial charge < -0.3 is 10.2 Å². The maximum absolute atomic E-state index is 13.1. The molecule has 1 heterocycles. The van der Waals surface area contributed by atoms with Crippen molar-refractivity contribution in [2.75, 3.05) is 0 Å². The average Bonchev–Trinajstić information content (AvgIpc) is 3.65. The summed E-state index contributed by atoms with van der Waals surface area (Å²) in [7, 11) is 0. The number of hydrogen-bond acceptors (Lipinski definition) is 4. The van der Waals surface area contributed by atoms with E-state index in [-0.39, 0.29) is 11.8 Å². The summed E-state index contributed by atoms with van der Waals surface area (Å²) in [6.07, 6.45) is 4.26. The molecule has 0 bridgehead atoms. The third kappa shape index (κ3) is 3.64. The molecular weight excluding hydrogens is 370 g/mol. The van der Waals surface area contributed by atoms with Gasteiger partial charge in [-0.05, 0) is 61.6 Å². The molecule has 1 aromatic heterocycles. The summed E-state index contributed by atoms with van der Waals surface area (Å²) in [5.74, 6) is 0.0513. The van der Waals surface area contributed by atoms with Crippen LogP contribution in [0.5, 0.6) is 0 Å². The number of carbonyl (C=O) groups excluding carboxylic acids is 2. The molecule has 2 fully saturated rings. The highest BCUT2D eigenvalue weighted by Crippen LogP contribution is 2.31. The molecule has 0 spiro atoms. The topological polar surface area (TPSA) is 62.3 Å². The van der Waals surface area contributed by atoms with Gasteiger partial charge in [-0.1, -0.05) is 12.1 Å². The number of carbonyl (C=O) groups is 2. The third-order valence-corrected chi connectivity index (χ3v) is 6.10. The third-order valence-electron chi connectivity index (χ3n) is 5.31. The maximum Gasteiger partial charge on any atom is 0.254 e. The molecule has 1 N–H and O–H groups in total. The molecule has 5 nitrogen and oxygen atoms in total. The van der Waals surface area contributed by atoms with Crippen LogP contribution in [0, 0.1) is 0 Å². The lowest BCUT2D eigenvalue weighted by molar-refractivity contribution is 0.0729. The van der Waals surface area contributed by atoms with Crippen LogP contribution in [0.4, 0.5) is 0 Å². The molecule has 2 aliphatic carbocycles. The van der Waals surface area contributed by atoms with Gasteiger partial charge in [0.05, 0.1) is 15.7 Å². The maximum atomic E-state index is 13.1. The summed E-state index contributed by atoms with van der Waals surface area (Å²) in [5.41, 5.74) is 5.17. The smallest absolute Gasteiger partial charge is 0.254 e. The van der Waals surface area contributed by atoms with Gasteiger partial charge in [-0.25, -0.2) is 4.98 Å². The molecule has 3 aromatic rings. The van der Waals surface area contributed by atoms with Crippen molar-refractivity contribution >= 4 is 33.4 Å².